The lowest BCUT2D eigenvalue weighted by atomic mass is 10.1. The first-order valence-electron chi connectivity index (χ1n) is 9.14. The Morgan fingerprint density at radius 3 is 2.36 bits per heavy atom. The number of likely N-dealkylation sites (N-methyl/N-ethyl adjacent to an activating group) is 1. The van der Waals surface area contributed by atoms with Gasteiger partial charge in [-0.2, -0.15) is 0 Å². The van der Waals surface area contributed by atoms with Crippen molar-refractivity contribution in [2.75, 3.05) is 20.3 Å². The molecule has 0 aliphatic carbocycles. The van der Waals surface area contributed by atoms with Crippen LogP contribution < -0.4 is 9.47 Å². The van der Waals surface area contributed by atoms with E-state index in [-0.39, 0.29) is 5.91 Å². The Bertz CT molecular complexity index is 906. The van der Waals surface area contributed by atoms with Crippen molar-refractivity contribution >= 4 is 40.3 Å². The van der Waals surface area contributed by atoms with E-state index in [1.807, 2.05) is 36.4 Å². The molecule has 1 fully saturated rings. The fourth-order valence-corrected chi connectivity index (χ4v) is 3.97. The Labute approximate surface area is 175 Å². The Morgan fingerprint density at radius 1 is 1.07 bits per heavy atom. The molecule has 2 aromatic rings. The van der Waals surface area contributed by atoms with Crippen LogP contribution in [0.25, 0.3) is 6.08 Å². The van der Waals surface area contributed by atoms with Gasteiger partial charge < -0.3 is 9.47 Å². The van der Waals surface area contributed by atoms with Gasteiger partial charge in [0, 0.05) is 7.05 Å². The van der Waals surface area contributed by atoms with Crippen molar-refractivity contribution in [3.8, 4) is 11.5 Å². The number of amides is 1. The smallest absolute Gasteiger partial charge is 0.265 e. The normalized spacial score (nSPS) is 15.4. The first-order valence-corrected chi connectivity index (χ1v) is 10.4. The monoisotopic (exact) mass is 413 g/mol. The van der Waals surface area contributed by atoms with Crippen LogP contribution in [-0.2, 0) is 11.2 Å². The number of nitrogens with zero attached hydrogens (tertiary/aromatic N) is 1. The number of rotatable bonds is 7. The molecular formula is C22H23NO3S2. The van der Waals surface area contributed by atoms with E-state index < -0.39 is 0 Å². The van der Waals surface area contributed by atoms with Crippen molar-refractivity contribution < 1.29 is 14.3 Å². The summed E-state index contributed by atoms with van der Waals surface area (Å²) in [5.74, 6) is 1.58. The summed E-state index contributed by atoms with van der Waals surface area (Å²) in [5, 5.41) is 0. The minimum absolute atomic E-state index is 0.0603. The molecule has 3 rings (SSSR count). The summed E-state index contributed by atoms with van der Waals surface area (Å²) in [6.07, 6.45) is 2.84. The Balaban J connectivity index is 1.51. The summed E-state index contributed by atoms with van der Waals surface area (Å²) in [5.41, 5.74) is 3.40. The van der Waals surface area contributed by atoms with Crippen molar-refractivity contribution in [3.63, 3.8) is 0 Å². The summed E-state index contributed by atoms with van der Waals surface area (Å²) in [7, 11) is 1.69. The third-order valence-corrected chi connectivity index (χ3v) is 5.79. The number of thioether (sulfide) groups is 1. The molecule has 0 radical (unpaired) electrons. The molecule has 1 saturated heterocycles. The second-order valence-electron chi connectivity index (χ2n) is 6.51. The zero-order chi connectivity index (χ0) is 20.1. The van der Waals surface area contributed by atoms with Gasteiger partial charge in [0.2, 0.25) is 0 Å². The Morgan fingerprint density at radius 2 is 1.75 bits per heavy atom. The van der Waals surface area contributed by atoms with Crippen molar-refractivity contribution in [2.45, 2.75) is 20.3 Å². The van der Waals surface area contributed by atoms with E-state index in [2.05, 4.69) is 26.0 Å². The fraction of sp³-hybridized carbons (Fsp3) is 0.273. The number of hydrogen-bond acceptors (Lipinski definition) is 5. The van der Waals surface area contributed by atoms with Gasteiger partial charge >= 0.3 is 0 Å². The van der Waals surface area contributed by atoms with Crippen molar-refractivity contribution in [2.24, 2.45) is 0 Å². The summed E-state index contributed by atoms with van der Waals surface area (Å²) >= 11 is 6.46. The van der Waals surface area contributed by atoms with Gasteiger partial charge in [-0.3, -0.25) is 9.69 Å². The zero-order valence-corrected chi connectivity index (χ0v) is 17.9. The standard InChI is InChI=1S/C22H23NO3S2/c1-4-16-11-15(2)12-19(13-16)26-10-9-25-18-7-5-17(6-8-18)14-20-21(24)23(3)22(27)28-20/h5-8,11-14H,4,9-10H2,1-3H3. The second-order valence-corrected chi connectivity index (χ2v) is 8.19. The number of ether oxygens (including phenoxy) is 2. The lowest BCUT2D eigenvalue weighted by molar-refractivity contribution is -0.121. The van der Waals surface area contributed by atoms with Crippen LogP contribution in [0.15, 0.2) is 47.4 Å². The van der Waals surface area contributed by atoms with E-state index in [0.717, 1.165) is 23.5 Å². The lowest BCUT2D eigenvalue weighted by Crippen LogP contribution is -2.22. The van der Waals surface area contributed by atoms with Gasteiger partial charge in [0.25, 0.3) is 5.91 Å². The lowest BCUT2D eigenvalue weighted by Gasteiger charge is -2.10. The van der Waals surface area contributed by atoms with Gasteiger partial charge in [-0.1, -0.05) is 49.1 Å². The van der Waals surface area contributed by atoms with Crippen molar-refractivity contribution in [1.29, 1.82) is 0 Å². The first kappa shape index (κ1) is 20.4. The fourth-order valence-electron chi connectivity index (χ4n) is 2.79. The molecular weight excluding hydrogens is 390 g/mol. The van der Waals surface area contributed by atoms with Crippen LogP contribution in [0, 0.1) is 6.92 Å². The van der Waals surface area contributed by atoms with E-state index >= 15 is 0 Å². The van der Waals surface area contributed by atoms with Gasteiger partial charge in [0.15, 0.2) is 0 Å². The van der Waals surface area contributed by atoms with Gasteiger partial charge in [-0.05, 0) is 60.4 Å². The average molecular weight is 414 g/mol. The molecule has 6 heteroatoms. The second kappa shape index (κ2) is 9.26. The SMILES string of the molecule is CCc1cc(C)cc(OCCOc2ccc(C=C3SC(=S)N(C)C3=O)cc2)c1. The molecule has 1 amide bonds. The molecule has 0 saturated carbocycles. The van der Waals surface area contributed by atoms with Gasteiger partial charge in [0.1, 0.15) is 29.0 Å². The van der Waals surface area contributed by atoms with Crippen LogP contribution in [0.4, 0.5) is 0 Å². The highest BCUT2D eigenvalue weighted by molar-refractivity contribution is 8.26. The summed E-state index contributed by atoms with van der Waals surface area (Å²) < 4.78 is 12.1. The van der Waals surface area contributed by atoms with E-state index in [4.69, 9.17) is 21.7 Å². The number of benzene rings is 2. The molecule has 28 heavy (non-hydrogen) atoms. The van der Waals surface area contributed by atoms with Crippen molar-refractivity contribution in [1.82, 2.24) is 4.90 Å². The molecule has 2 aromatic carbocycles. The zero-order valence-electron chi connectivity index (χ0n) is 16.2. The van der Waals surface area contributed by atoms with Crippen LogP contribution >= 0.6 is 24.0 Å². The molecule has 0 atom stereocenters. The average Bonchev–Trinajstić information content (AvgIpc) is 2.92. The largest absolute Gasteiger partial charge is 0.490 e. The Hall–Kier alpha value is -2.31. The van der Waals surface area contributed by atoms with Gasteiger partial charge in [0.05, 0.1) is 4.91 Å². The predicted molar refractivity (Wildman–Crippen MR) is 119 cm³/mol. The highest BCUT2D eigenvalue weighted by Gasteiger charge is 2.28. The van der Waals surface area contributed by atoms with E-state index in [1.165, 1.54) is 27.8 Å². The number of aryl methyl sites for hydroxylation is 2. The van der Waals surface area contributed by atoms with Crippen LogP contribution in [-0.4, -0.2) is 35.4 Å². The highest BCUT2D eigenvalue weighted by Crippen LogP contribution is 2.31. The minimum atomic E-state index is -0.0603. The molecule has 146 valence electrons. The van der Waals surface area contributed by atoms with Crippen LogP contribution in [0.5, 0.6) is 11.5 Å². The summed E-state index contributed by atoms with van der Waals surface area (Å²) in [6.45, 7) is 5.15. The summed E-state index contributed by atoms with van der Waals surface area (Å²) in [4.78, 5) is 14.2. The number of carbonyl (C=O) groups excluding carboxylic acids is 1. The molecule has 0 spiro atoms. The number of thiocarbonyl (C=S) groups is 1. The number of hydrogen-bond donors (Lipinski definition) is 0. The molecule has 1 aliphatic heterocycles. The van der Waals surface area contributed by atoms with E-state index in [1.54, 1.807) is 7.05 Å². The molecule has 0 unspecified atom stereocenters. The molecule has 0 aromatic heterocycles. The minimum Gasteiger partial charge on any atom is -0.490 e. The predicted octanol–water partition coefficient (Wildman–Crippen LogP) is 4.85. The maximum Gasteiger partial charge on any atom is 0.265 e. The van der Waals surface area contributed by atoms with Crippen LogP contribution in [0.2, 0.25) is 0 Å². The summed E-state index contributed by atoms with van der Waals surface area (Å²) in [6, 6.07) is 13.9. The van der Waals surface area contributed by atoms with Crippen LogP contribution in [0.3, 0.4) is 0 Å². The maximum atomic E-state index is 12.1. The topological polar surface area (TPSA) is 38.8 Å². The highest BCUT2D eigenvalue weighted by atomic mass is 32.2. The molecule has 1 heterocycles. The van der Waals surface area contributed by atoms with Gasteiger partial charge in [-0.15, -0.1) is 0 Å². The van der Waals surface area contributed by atoms with Crippen LogP contribution in [0.1, 0.15) is 23.6 Å². The molecule has 1 aliphatic rings. The van der Waals surface area contributed by atoms with E-state index in [0.29, 0.717) is 22.4 Å². The third kappa shape index (κ3) is 5.14. The first-order chi connectivity index (χ1) is 13.5. The molecule has 0 N–H and O–H groups in total. The number of carbonyl (C=O) groups is 1. The van der Waals surface area contributed by atoms with Gasteiger partial charge in [-0.25, -0.2) is 0 Å². The third-order valence-electron chi connectivity index (χ3n) is 4.30. The molecule has 4 nitrogen and oxygen atoms in total. The van der Waals surface area contributed by atoms with E-state index in [9.17, 15) is 4.79 Å². The quantitative estimate of drug-likeness (QED) is 0.369. The van der Waals surface area contributed by atoms with Crippen molar-refractivity contribution in [3.05, 3.63) is 64.1 Å². The molecule has 0 bridgehead atoms. The maximum absolute atomic E-state index is 12.1. The Kier molecular flexibility index (Phi) is 6.75.